The standard InChI is InChI=1S/C19H24N4O3/c20-13-3-4-14(8-13)21-9-11-1-2-12-10-23(19(26)15(12)7-11)16-5-6-17(24)22-18(16)25/h1-2,7,13-14,16,21H,3-6,8-10,20H2,(H,22,24,25)/t13-,14-,16?/m0/s1. The lowest BCUT2D eigenvalue weighted by atomic mass is 10.0. The molecule has 7 nitrogen and oxygen atoms in total. The zero-order valence-corrected chi connectivity index (χ0v) is 14.7. The first-order valence-electron chi connectivity index (χ1n) is 9.26. The van der Waals surface area contributed by atoms with Crippen molar-refractivity contribution in [2.24, 2.45) is 5.73 Å². The first-order valence-corrected chi connectivity index (χ1v) is 9.26. The second kappa shape index (κ2) is 6.81. The molecule has 2 fully saturated rings. The molecule has 1 aliphatic carbocycles. The molecule has 0 bridgehead atoms. The van der Waals surface area contributed by atoms with E-state index >= 15 is 0 Å². The minimum Gasteiger partial charge on any atom is -0.328 e. The molecule has 1 aromatic rings. The van der Waals surface area contributed by atoms with Crippen LogP contribution < -0.4 is 16.4 Å². The second-order valence-electron chi connectivity index (χ2n) is 7.54. The summed E-state index contributed by atoms with van der Waals surface area (Å²) in [5, 5.41) is 5.84. The molecule has 4 rings (SSSR count). The van der Waals surface area contributed by atoms with Crippen LogP contribution in [0, 0.1) is 0 Å². The molecule has 138 valence electrons. The van der Waals surface area contributed by atoms with Gasteiger partial charge in [-0.05, 0) is 42.9 Å². The first-order chi connectivity index (χ1) is 12.5. The highest BCUT2D eigenvalue weighted by Crippen LogP contribution is 2.28. The van der Waals surface area contributed by atoms with Crippen LogP contribution in [-0.4, -0.2) is 40.7 Å². The summed E-state index contributed by atoms with van der Waals surface area (Å²) >= 11 is 0. The normalized spacial score (nSPS) is 28.4. The van der Waals surface area contributed by atoms with Gasteiger partial charge in [-0.3, -0.25) is 19.7 Å². The number of hydrogen-bond acceptors (Lipinski definition) is 5. The summed E-state index contributed by atoms with van der Waals surface area (Å²) in [6.45, 7) is 1.13. The van der Waals surface area contributed by atoms with E-state index in [1.54, 1.807) is 4.90 Å². The average molecular weight is 356 g/mol. The molecule has 1 saturated carbocycles. The summed E-state index contributed by atoms with van der Waals surface area (Å²) in [5.74, 6) is -0.767. The van der Waals surface area contributed by atoms with Crippen molar-refractivity contribution < 1.29 is 14.4 Å². The Bertz CT molecular complexity index is 763. The van der Waals surface area contributed by atoms with Gasteiger partial charge in [0.2, 0.25) is 11.8 Å². The van der Waals surface area contributed by atoms with E-state index in [4.69, 9.17) is 5.73 Å². The molecule has 26 heavy (non-hydrogen) atoms. The summed E-state index contributed by atoms with van der Waals surface area (Å²) in [6.07, 6.45) is 3.80. The number of hydrogen-bond donors (Lipinski definition) is 3. The van der Waals surface area contributed by atoms with Gasteiger partial charge in [0.1, 0.15) is 6.04 Å². The van der Waals surface area contributed by atoms with Gasteiger partial charge in [-0.25, -0.2) is 0 Å². The average Bonchev–Trinajstić information content (AvgIpc) is 3.17. The third-order valence-electron chi connectivity index (χ3n) is 5.66. The largest absolute Gasteiger partial charge is 0.328 e. The number of imide groups is 1. The third kappa shape index (κ3) is 3.24. The number of fused-ring (bicyclic) bond motifs is 1. The van der Waals surface area contributed by atoms with E-state index in [9.17, 15) is 14.4 Å². The van der Waals surface area contributed by atoms with E-state index < -0.39 is 6.04 Å². The van der Waals surface area contributed by atoms with Crippen molar-refractivity contribution in [2.75, 3.05) is 0 Å². The van der Waals surface area contributed by atoms with Crippen molar-refractivity contribution >= 4 is 17.7 Å². The molecule has 1 aromatic carbocycles. The molecule has 3 aliphatic rings. The van der Waals surface area contributed by atoms with Gasteiger partial charge in [0.15, 0.2) is 0 Å². The molecule has 2 aliphatic heterocycles. The number of piperidine rings is 1. The van der Waals surface area contributed by atoms with Gasteiger partial charge in [0.05, 0.1) is 0 Å². The van der Waals surface area contributed by atoms with Gasteiger partial charge < -0.3 is 16.0 Å². The number of amides is 3. The molecule has 1 saturated heterocycles. The maximum atomic E-state index is 12.8. The summed E-state index contributed by atoms with van der Waals surface area (Å²) in [7, 11) is 0. The molecular formula is C19H24N4O3. The Kier molecular flexibility index (Phi) is 4.50. The number of nitrogens with two attached hydrogens (primary N) is 1. The van der Waals surface area contributed by atoms with Crippen LogP contribution in [-0.2, 0) is 22.7 Å². The molecule has 0 spiro atoms. The quantitative estimate of drug-likeness (QED) is 0.678. The van der Waals surface area contributed by atoms with Gasteiger partial charge in [0.25, 0.3) is 5.91 Å². The predicted molar refractivity (Wildman–Crippen MR) is 94.9 cm³/mol. The van der Waals surface area contributed by atoms with Crippen LogP contribution >= 0.6 is 0 Å². The highest BCUT2D eigenvalue weighted by atomic mass is 16.2. The fourth-order valence-electron chi connectivity index (χ4n) is 4.18. The zero-order chi connectivity index (χ0) is 18.3. The Hall–Kier alpha value is -2.25. The van der Waals surface area contributed by atoms with Gasteiger partial charge in [-0.1, -0.05) is 12.1 Å². The lowest BCUT2D eigenvalue weighted by Gasteiger charge is -2.29. The molecule has 0 radical (unpaired) electrons. The monoisotopic (exact) mass is 356 g/mol. The SMILES string of the molecule is N[C@H]1CC[C@H](NCc2ccc3c(c2)C(=O)N(C2CCC(=O)NC2=O)C3)C1. The van der Waals surface area contributed by atoms with Gasteiger partial charge in [-0.15, -0.1) is 0 Å². The lowest BCUT2D eigenvalue weighted by molar-refractivity contribution is -0.136. The van der Waals surface area contributed by atoms with Crippen LogP contribution in [0.15, 0.2) is 18.2 Å². The first kappa shape index (κ1) is 17.2. The van der Waals surface area contributed by atoms with Crippen LogP contribution in [0.2, 0.25) is 0 Å². The topological polar surface area (TPSA) is 105 Å². The van der Waals surface area contributed by atoms with E-state index in [2.05, 4.69) is 10.6 Å². The minimum absolute atomic E-state index is 0.126. The van der Waals surface area contributed by atoms with Crippen molar-refractivity contribution in [1.82, 2.24) is 15.5 Å². The number of nitrogens with one attached hydrogen (secondary N) is 2. The van der Waals surface area contributed by atoms with Gasteiger partial charge >= 0.3 is 0 Å². The third-order valence-corrected chi connectivity index (χ3v) is 5.66. The smallest absolute Gasteiger partial charge is 0.255 e. The molecule has 4 N–H and O–H groups in total. The maximum Gasteiger partial charge on any atom is 0.255 e. The van der Waals surface area contributed by atoms with Crippen molar-refractivity contribution in [1.29, 1.82) is 0 Å². The molecule has 0 aromatic heterocycles. The molecule has 2 heterocycles. The van der Waals surface area contributed by atoms with Crippen molar-refractivity contribution in [3.05, 3.63) is 34.9 Å². The zero-order valence-electron chi connectivity index (χ0n) is 14.7. The molecule has 7 heteroatoms. The number of nitrogens with zero attached hydrogens (tertiary/aromatic N) is 1. The van der Waals surface area contributed by atoms with E-state index in [0.29, 0.717) is 31.1 Å². The fourth-order valence-corrected chi connectivity index (χ4v) is 4.18. The number of carbonyl (C=O) groups is 3. The molecule has 1 unspecified atom stereocenters. The Morgan fingerprint density at radius 3 is 2.77 bits per heavy atom. The minimum atomic E-state index is -0.561. The van der Waals surface area contributed by atoms with Crippen molar-refractivity contribution in [3.63, 3.8) is 0 Å². The Morgan fingerprint density at radius 1 is 1.19 bits per heavy atom. The van der Waals surface area contributed by atoms with E-state index in [-0.39, 0.29) is 30.2 Å². The number of carbonyl (C=O) groups excluding carboxylic acids is 3. The van der Waals surface area contributed by atoms with Gasteiger partial charge in [-0.2, -0.15) is 0 Å². The van der Waals surface area contributed by atoms with Crippen LogP contribution in [0.1, 0.15) is 53.6 Å². The Morgan fingerprint density at radius 2 is 2.04 bits per heavy atom. The fraction of sp³-hybridized carbons (Fsp3) is 0.526. The summed E-state index contributed by atoms with van der Waals surface area (Å²) < 4.78 is 0. The maximum absolute atomic E-state index is 12.8. The second-order valence-corrected chi connectivity index (χ2v) is 7.54. The number of rotatable bonds is 4. The van der Waals surface area contributed by atoms with Crippen LogP contribution in [0.25, 0.3) is 0 Å². The van der Waals surface area contributed by atoms with Crippen LogP contribution in [0.4, 0.5) is 0 Å². The van der Waals surface area contributed by atoms with Crippen molar-refractivity contribution in [2.45, 2.75) is 63.3 Å². The van der Waals surface area contributed by atoms with Crippen molar-refractivity contribution in [3.8, 4) is 0 Å². The summed E-state index contributed by atoms with van der Waals surface area (Å²) in [5.41, 5.74) is 8.61. The lowest BCUT2D eigenvalue weighted by Crippen LogP contribution is -2.52. The van der Waals surface area contributed by atoms with Crippen LogP contribution in [0.3, 0.4) is 0 Å². The summed E-state index contributed by atoms with van der Waals surface area (Å²) in [4.78, 5) is 37.8. The molecular weight excluding hydrogens is 332 g/mol. The summed E-state index contributed by atoms with van der Waals surface area (Å²) in [6, 6.07) is 6.09. The number of benzene rings is 1. The molecule has 3 atom stereocenters. The van der Waals surface area contributed by atoms with Gasteiger partial charge in [0, 0.05) is 37.2 Å². The molecule has 3 amide bonds. The van der Waals surface area contributed by atoms with E-state index in [1.165, 1.54) is 0 Å². The highest BCUT2D eigenvalue weighted by molar-refractivity contribution is 6.05. The Labute approximate surface area is 152 Å². The predicted octanol–water partition coefficient (Wildman–Crippen LogP) is 0.417. The van der Waals surface area contributed by atoms with E-state index in [0.717, 1.165) is 30.4 Å². The highest BCUT2D eigenvalue weighted by Gasteiger charge is 2.39. The van der Waals surface area contributed by atoms with E-state index in [1.807, 2.05) is 18.2 Å². The van der Waals surface area contributed by atoms with Crippen LogP contribution in [0.5, 0.6) is 0 Å². The Balaban J connectivity index is 1.43.